The van der Waals surface area contributed by atoms with Crippen molar-refractivity contribution in [3.8, 4) is 0 Å². The molecule has 0 aromatic carbocycles. The number of hydrogen-bond acceptors (Lipinski definition) is 2. The van der Waals surface area contributed by atoms with Gasteiger partial charge in [0.2, 0.25) is 0 Å². The van der Waals surface area contributed by atoms with Gasteiger partial charge in [-0.1, -0.05) is 121 Å². The average molecular weight is 669 g/mol. The standard InChI is InChI=1S/C47H72O2/c1-32(2)14-11-17-36(6)41-23-24-42-39-21-20-37-31-38(25-28-46(37,9)43(39)26-29-47(41,42)10)49-44(48)30-34(4)16-12-15-33(3)19-22-40-35(5)18-13-27-45(40,7)8/h12,15-16,19-20,22,30,32,36,38-39,41-43H,11,13-14,17-18,21,23-29,31H2,1-10H3/b16-12+,22-19+,33-15-,34-30+/t36-,38+,39+,41-,42+,43+,46+,47-/m1/s1. The van der Waals surface area contributed by atoms with E-state index in [9.17, 15) is 4.79 Å². The summed E-state index contributed by atoms with van der Waals surface area (Å²) in [6.07, 6.45) is 33.0. The predicted octanol–water partition coefficient (Wildman–Crippen LogP) is 13.5. The fourth-order valence-electron chi connectivity index (χ4n) is 11.8. The Bertz CT molecular complexity index is 1380. The molecule has 0 amide bonds. The first kappa shape index (κ1) is 38.1. The summed E-state index contributed by atoms with van der Waals surface area (Å²) in [5.74, 6) is 4.92. The summed E-state index contributed by atoms with van der Waals surface area (Å²) < 4.78 is 6.11. The Balaban J connectivity index is 1.14. The highest BCUT2D eigenvalue weighted by molar-refractivity contribution is 5.83. The molecule has 2 nitrogen and oxygen atoms in total. The van der Waals surface area contributed by atoms with Crippen LogP contribution in [0.1, 0.15) is 159 Å². The van der Waals surface area contributed by atoms with Crippen LogP contribution in [0.3, 0.4) is 0 Å². The van der Waals surface area contributed by atoms with Crippen molar-refractivity contribution in [2.75, 3.05) is 0 Å². The van der Waals surface area contributed by atoms with Crippen LogP contribution in [-0.4, -0.2) is 12.1 Å². The number of rotatable bonds is 11. The first-order valence-corrected chi connectivity index (χ1v) is 20.5. The van der Waals surface area contributed by atoms with Gasteiger partial charge in [-0.05, 0) is 148 Å². The SMILES string of the molecule is CC1=C(/C=C/C(C)=C\C=C\C(C)=C\C(=O)O[C@H]2CC[C@@]3(C)C(=CC[C@H]4[C@@H]5CC[C@H]([C@H](C)CCCC(C)C)[C@@]5(C)CC[C@@H]43)C2)C(C)(C)CCC1. The van der Waals surface area contributed by atoms with E-state index in [1.54, 1.807) is 11.6 Å². The van der Waals surface area contributed by atoms with E-state index in [0.29, 0.717) is 5.41 Å². The number of carbonyl (C=O) groups excluding carboxylic acids is 1. The van der Waals surface area contributed by atoms with Crippen molar-refractivity contribution in [3.63, 3.8) is 0 Å². The van der Waals surface area contributed by atoms with E-state index in [-0.39, 0.29) is 22.9 Å². The Kier molecular flexibility index (Phi) is 12.2. The smallest absolute Gasteiger partial charge is 0.331 e. The molecular weight excluding hydrogens is 597 g/mol. The fourth-order valence-corrected chi connectivity index (χ4v) is 11.8. The van der Waals surface area contributed by atoms with E-state index in [2.05, 4.69) is 92.7 Å². The lowest BCUT2D eigenvalue weighted by Gasteiger charge is -2.58. The van der Waals surface area contributed by atoms with Gasteiger partial charge in [-0.25, -0.2) is 4.79 Å². The van der Waals surface area contributed by atoms with E-state index in [1.807, 2.05) is 13.0 Å². The molecule has 0 aliphatic heterocycles. The van der Waals surface area contributed by atoms with Crippen LogP contribution >= 0.6 is 0 Å². The van der Waals surface area contributed by atoms with Crippen molar-refractivity contribution in [1.82, 2.24) is 0 Å². The van der Waals surface area contributed by atoms with Crippen LogP contribution in [-0.2, 0) is 9.53 Å². The third kappa shape index (κ3) is 8.52. The van der Waals surface area contributed by atoms with Gasteiger partial charge in [-0.2, -0.15) is 0 Å². The lowest BCUT2D eigenvalue weighted by molar-refractivity contribution is -0.145. The third-order valence-corrected chi connectivity index (χ3v) is 14.7. The molecule has 0 aromatic heterocycles. The van der Waals surface area contributed by atoms with E-state index in [1.165, 1.54) is 87.3 Å². The number of ether oxygens (including phenoxy) is 1. The normalized spacial score (nSPS) is 35.7. The number of fused-ring (bicyclic) bond motifs is 5. The summed E-state index contributed by atoms with van der Waals surface area (Å²) in [5, 5.41) is 0. The van der Waals surface area contributed by atoms with Gasteiger partial charge in [0.25, 0.3) is 0 Å². The minimum Gasteiger partial charge on any atom is -0.459 e. The molecule has 272 valence electrons. The molecule has 2 heteroatoms. The molecule has 5 aliphatic rings. The van der Waals surface area contributed by atoms with Gasteiger partial charge < -0.3 is 4.74 Å². The molecule has 0 bridgehead atoms. The highest BCUT2D eigenvalue weighted by Gasteiger charge is 2.59. The van der Waals surface area contributed by atoms with Crippen molar-refractivity contribution >= 4 is 5.97 Å². The van der Waals surface area contributed by atoms with Gasteiger partial charge in [-0.15, -0.1) is 0 Å². The maximum Gasteiger partial charge on any atom is 0.331 e. The highest BCUT2D eigenvalue weighted by atomic mass is 16.5. The topological polar surface area (TPSA) is 26.3 Å². The largest absolute Gasteiger partial charge is 0.459 e. The summed E-state index contributed by atoms with van der Waals surface area (Å²) >= 11 is 0. The number of hydrogen-bond donors (Lipinski definition) is 0. The zero-order valence-corrected chi connectivity index (χ0v) is 33.3. The van der Waals surface area contributed by atoms with Crippen LogP contribution in [0.5, 0.6) is 0 Å². The van der Waals surface area contributed by atoms with E-state index < -0.39 is 0 Å². The van der Waals surface area contributed by atoms with Crippen LogP contribution in [0, 0.1) is 51.8 Å². The molecule has 0 heterocycles. The fraction of sp³-hybridized carbons (Fsp3) is 0.723. The second-order valence-corrected chi connectivity index (χ2v) is 19.0. The average Bonchev–Trinajstić information content (AvgIpc) is 3.37. The van der Waals surface area contributed by atoms with Gasteiger partial charge in [0.1, 0.15) is 6.10 Å². The first-order valence-electron chi connectivity index (χ1n) is 20.5. The molecule has 0 N–H and O–H groups in total. The van der Waals surface area contributed by atoms with Crippen molar-refractivity contribution < 1.29 is 9.53 Å². The molecule has 5 rings (SSSR count). The van der Waals surface area contributed by atoms with E-state index >= 15 is 0 Å². The first-order chi connectivity index (χ1) is 23.1. The quantitative estimate of drug-likeness (QED) is 0.0948. The van der Waals surface area contributed by atoms with Gasteiger partial charge in [0, 0.05) is 12.5 Å². The molecule has 3 fully saturated rings. The maximum absolute atomic E-state index is 13.0. The summed E-state index contributed by atoms with van der Waals surface area (Å²) in [6.45, 7) is 23.7. The Labute approximate surface area is 302 Å². The number of allylic oxidation sites excluding steroid dienone is 10. The van der Waals surface area contributed by atoms with Gasteiger partial charge in [0.15, 0.2) is 0 Å². The van der Waals surface area contributed by atoms with Crippen LogP contribution < -0.4 is 0 Å². The Morgan fingerprint density at radius 3 is 2.45 bits per heavy atom. The zero-order valence-electron chi connectivity index (χ0n) is 33.3. The van der Waals surface area contributed by atoms with Crippen molar-refractivity contribution in [2.45, 2.75) is 165 Å². The number of carbonyl (C=O) groups is 1. The third-order valence-electron chi connectivity index (χ3n) is 14.7. The molecule has 0 spiro atoms. The molecule has 0 radical (unpaired) electrons. The Morgan fingerprint density at radius 1 is 0.939 bits per heavy atom. The van der Waals surface area contributed by atoms with E-state index in [4.69, 9.17) is 4.74 Å². The Morgan fingerprint density at radius 2 is 1.71 bits per heavy atom. The molecule has 0 unspecified atom stereocenters. The molecule has 5 aliphatic carbocycles. The summed E-state index contributed by atoms with van der Waals surface area (Å²) in [4.78, 5) is 13.0. The van der Waals surface area contributed by atoms with E-state index in [0.717, 1.165) is 60.3 Å². The van der Waals surface area contributed by atoms with Crippen LogP contribution in [0.2, 0.25) is 0 Å². The highest BCUT2D eigenvalue weighted by Crippen LogP contribution is 2.67. The molecule has 49 heavy (non-hydrogen) atoms. The molecule has 0 aromatic rings. The van der Waals surface area contributed by atoms with Gasteiger partial charge in [-0.3, -0.25) is 0 Å². The molecule has 3 saturated carbocycles. The maximum atomic E-state index is 13.0. The Hall–Kier alpha value is -2.09. The second-order valence-electron chi connectivity index (χ2n) is 19.0. The van der Waals surface area contributed by atoms with Crippen molar-refractivity contribution in [3.05, 3.63) is 70.4 Å². The predicted molar refractivity (Wildman–Crippen MR) is 209 cm³/mol. The summed E-state index contributed by atoms with van der Waals surface area (Å²) in [6, 6.07) is 0. The van der Waals surface area contributed by atoms with Gasteiger partial charge in [0.05, 0.1) is 0 Å². The van der Waals surface area contributed by atoms with Crippen molar-refractivity contribution in [2.24, 2.45) is 51.8 Å². The summed E-state index contributed by atoms with van der Waals surface area (Å²) in [7, 11) is 0. The van der Waals surface area contributed by atoms with Crippen LogP contribution in [0.4, 0.5) is 0 Å². The summed E-state index contributed by atoms with van der Waals surface area (Å²) in [5.41, 5.74) is 7.81. The molecule has 8 atom stereocenters. The van der Waals surface area contributed by atoms with Crippen molar-refractivity contribution in [1.29, 1.82) is 0 Å². The lowest BCUT2D eigenvalue weighted by atomic mass is 9.47. The van der Waals surface area contributed by atoms with Crippen LogP contribution in [0.15, 0.2) is 70.4 Å². The van der Waals surface area contributed by atoms with Gasteiger partial charge >= 0.3 is 5.97 Å². The molecule has 0 saturated heterocycles. The molecular formula is C47H72O2. The number of esters is 1. The monoisotopic (exact) mass is 669 g/mol. The minimum absolute atomic E-state index is 0.00175. The minimum atomic E-state index is -0.194. The zero-order chi connectivity index (χ0) is 35.6. The second kappa shape index (κ2) is 15.7. The lowest BCUT2D eigenvalue weighted by Crippen LogP contribution is -2.51. The van der Waals surface area contributed by atoms with Crippen LogP contribution in [0.25, 0.3) is 0 Å².